The molecule has 19 heavy (non-hydrogen) atoms. The Kier molecular flexibility index (Phi) is 7.19. The highest BCUT2D eigenvalue weighted by Gasteiger charge is 2.08. The molecule has 0 unspecified atom stereocenters. The van der Waals surface area contributed by atoms with Gasteiger partial charge in [-0.25, -0.2) is 0 Å². The van der Waals surface area contributed by atoms with Gasteiger partial charge in [0.05, 0.1) is 0 Å². The van der Waals surface area contributed by atoms with Crippen molar-refractivity contribution < 1.29 is 9.59 Å². The Morgan fingerprint density at radius 3 is 2.42 bits per heavy atom. The van der Waals surface area contributed by atoms with Gasteiger partial charge < -0.3 is 5.32 Å². The quantitative estimate of drug-likeness (QED) is 0.584. The molecule has 0 aromatic heterocycles. The number of hydrogen-bond acceptors (Lipinski definition) is 2. The molecule has 0 saturated carbocycles. The molecule has 0 saturated heterocycles. The fourth-order valence-electron chi connectivity index (χ4n) is 1.70. The highest BCUT2D eigenvalue weighted by Crippen LogP contribution is 2.11. The van der Waals surface area contributed by atoms with Crippen LogP contribution in [0, 0.1) is 0 Å². The summed E-state index contributed by atoms with van der Waals surface area (Å²) in [6.45, 7) is 2.81. The zero-order valence-electron chi connectivity index (χ0n) is 11.2. The average Bonchev–Trinajstić information content (AvgIpc) is 2.42. The summed E-state index contributed by atoms with van der Waals surface area (Å²) < 4.78 is 0. The molecule has 1 aromatic rings. The second-order valence-electron chi connectivity index (χ2n) is 4.49. The third-order valence-electron chi connectivity index (χ3n) is 2.85. The number of Topliss-reactive ketones (excluding diaryl/α,β-unsaturated/α-hetero) is 1. The molecule has 0 radical (unpaired) electrons. The van der Waals surface area contributed by atoms with Crippen LogP contribution in [-0.4, -0.2) is 18.2 Å². The van der Waals surface area contributed by atoms with E-state index in [2.05, 4.69) is 12.2 Å². The van der Waals surface area contributed by atoms with Crippen LogP contribution in [0.3, 0.4) is 0 Å². The fraction of sp³-hybridized carbons (Fsp3) is 0.467. The molecule has 0 heterocycles. The van der Waals surface area contributed by atoms with Crippen LogP contribution >= 0.6 is 11.6 Å². The lowest BCUT2D eigenvalue weighted by Gasteiger charge is -2.04. The van der Waals surface area contributed by atoms with Crippen molar-refractivity contribution in [3.8, 4) is 0 Å². The maximum atomic E-state index is 11.8. The minimum Gasteiger partial charge on any atom is -0.356 e. The van der Waals surface area contributed by atoms with Crippen molar-refractivity contribution in [2.45, 2.75) is 39.0 Å². The van der Waals surface area contributed by atoms with E-state index in [4.69, 9.17) is 11.6 Å². The van der Waals surface area contributed by atoms with Crippen LogP contribution in [0.1, 0.15) is 49.4 Å². The smallest absolute Gasteiger partial charge is 0.220 e. The molecule has 0 bridgehead atoms. The summed E-state index contributed by atoms with van der Waals surface area (Å²) in [5.41, 5.74) is 0.600. The van der Waals surface area contributed by atoms with Gasteiger partial charge in [-0.05, 0) is 30.7 Å². The van der Waals surface area contributed by atoms with Crippen molar-refractivity contribution in [2.24, 2.45) is 0 Å². The van der Waals surface area contributed by atoms with E-state index in [9.17, 15) is 9.59 Å². The van der Waals surface area contributed by atoms with Gasteiger partial charge in [0, 0.05) is 30.0 Å². The van der Waals surface area contributed by atoms with Gasteiger partial charge in [-0.2, -0.15) is 0 Å². The molecule has 0 spiro atoms. The van der Waals surface area contributed by atoms with Crippen molar-refractivity contribution >= 4 is 23.3 Å². The molecule has 1 amide bonds. The highest BCUT2D eigenvalue weighted by atomic mass is 35.5. The number of amides is 1. The molecule has 1 aromatic carbocycles. The zero-order valence-corrected chi connectivity index (χ0v) is 12.0. The molecule has 3 nitrogen and oxygen atoms in total. The third-order valence-corrected chi connectivity index (χ3v) is 3.10. The van der Waals surface area contributed by atoms with Crippen LogP contribution < -0.4 is 5.32 Å². The third kappa shape index (κ3) is 6.39. The number of halogens is 1. The molecule has 0 aliphatic rings. The molecule has 4 heteroatoms. The number of rotatable bonds is 8. The van der Waals surface area contributed by atoms with Crippen LogP contribution in [0.15, 0.2) is 24.3 Å². The largest absolute Gasteiger partial charge is 0.356 e. The predicted octanol–water partition coefficient (Wildman–Crippen LogP) is 3.61. The molecule has 0 fully saturated rings. The first-order valence-corrected chi connectivity index (χ1v) is 7.06. The van der Waals surface area contributed by atoms with Gasteiger partial charge in [-0.3, -0.25) is 9.59 Å². The second kappa shape index (κ2) is 8.70. The van der Waals surface area contributed by atoms with Crippen molar-refractivity contribution in [3.05, 3.63) is 34.9 Å². The monoisotopic (exact) mass is 281 g/mol. The lowest BCUT2D eigenvalue weighted by atomic mass is 10.1. The number of carbonyl (C=O) groups is 2. The number of benzene rings is 1. The number of hydrogen-bond donors (Lipinski definition) is 1. The predicted molar refractivity (Wildman–Crippen MR) is 77.6 cm³/mol. The summed E-state index contributed by atoms with van der Waals surface area (Å²) in [6.07, 6.45) is 3.72. The van der Waals surface area contributed by atoms with Gasteiger partial charge in [-0.1, -0.05) is 31.4 Å². The van der Waals surface area contributed by atoms with Crippen molar-refractivity contribution in [3.63, 3.8) is 0 Å². The van der Waals surface area contributed by atoms with Gasteiger partial charge >= 0.3 is 0 Å². The van der Waals surface area contributed by atoms with Crippen LogP contribution in [0.25, 0.3) is 0 Å². The molecular weight excluding hydrogens is 262 g/mol. The fourth-order valence-corrected chi connectivity index (χ4v) is 1.82. The van der Waals surface area contributed by atoms with E-state index in [0.717, 1.165) is 19.3 Å². The summed E-state index contributed by atoms with van der Waals surface area (Å²) in [5, 5.41) is 3.42. The summed E-state index contributed by atoms with van der Waals surface area (Å²) in [6, 6.07) is 6.73. The summed E-state index contributed by atoms with van der Waals surface area (Å²) in [7, 11) is 0. The summed E-state index contributed by atoms with van der Waals surface area (Å²) in [4.78, 5) is 23.3. The Hall–Kier alpha value is -1.35. The Morgan fingerprint density at radius 1 is 1.11 bits per heavy atom. The first-order valence-electron chi connectivity index (χ1n) is 6.69. The van der Waals surface area contributed by atoms with Gasteiger partial charge in [0.25, 0.3) is 0 Å². The van der Waals surface area contributed by atoms with Gasteiger partial charge in [0.2, 0.25) is 5.91 Å². The van der Waals surface area contributed by atoms with E-state index in [-0.39, 0.29) is 24.5 Å². The first-order chi connectivity index (χ1) is 9.13. The number of ketones is 1. The minimum absolute atomic E-state index is 0.0274. The van der Waals surface area contributed by atoms with Crippen LogP contribution in [-0.2, 0) is 4.79 Å². The van der Waals surface area contributed by atoms with Gasteiger partial charge in [0.1, 0.15) is 0 Å². The molecule has 1 rings (SSSR count). The first kappa shape index (κ1) is 15.7. The Bertz CT molecular complexity index is 415. The zero-order chi connectivity index (χ0) is 14.1. The van der Waals surface area contributed by atoms with E-state index in [0.29, 0.717) is 17.1 Å². The highest BCUT2D eigenvalue weighted by molar-refractivity contribution is 6.30. The second-order valence-corrected chi connectivity index (χ2v) is 4.92. The average molecular weight is 282 g/mol. The van der Waals surface area contributed by atoms with Crippen molar-refractivity contribution in [1.82, 2.24) is 5.32 Å². The molecule has 1 N–H and O–H groups in total. The van der Waals surface area contributed by atoms with E-state index in [1.54, 1.807) is 24.3 Å². The molecule has 0 aliphatic heterocycles. The van der Waals surface area contributed by atoms with Crippen molar-refractivity contribution in [1.29, 1.82) is 0 Å². The molecule has 0 aliphatic carbocycles. The van der Waals surface area contributed by atoms with Crippen LogP contribution in [0.5, 0.6) is 0 Å². The molecular formula is C15H20ClNO2. The number of unbranched alkanes of at least 4 members (excludes halogenated alkanes) is 2. The molecule has 0 atom stereocenters. The van der Waals surface area contributed by atoms with Gasteiger partial charge in [0.15, 0.2) is 5.78 Å². The lowest BCUT2D eigenvalue weighted by Crippen LogP contribution is -2.24. The summed E-state index contributed by atoms with van der Waals surface area (Å²) in [5.74, 6) is -0.0845. The van der Waals surface area contributed by atoms with Gasteiger partial charge in [-0.15, -0.1) is 0 Å². The Labute approximate surface area is 119 Å². The maximum absolute atomic E-state index is 11.8. The van der Waals surface area contributed by atoms with Crippen LogP contribution in [0.2, 0.25) is 5.02 Å². The van der Waals surface area contributed by atoms with Crippen molar-refractivity contribution in [2.75, 3.05) is 6.54 Å². The van der Waals surface area contributed by atoms with E-state index in [1.165, 1.54) is 0 Å². The standard InChI is InChI=1S/C15H20ClNO2/c1-2-3-4-11-17-15(19)10-9-14(18)12-5-7-13(16)8-6-12/h5-8H,2-4,9-11H2,1H3,(H,17,19). The van der Waals surface area contributed by atoms with Crippen LogP contribution in [0.4, 0.5) is 0 Å². The Balaban J connectivity index is 2.26. The summed E-state index contributed by atoms with van der Waals surface area (Å²) >= 11 is 5.75. The number of nitrogens with one attached hydrogen (secondary N) is 1. The normalized spacial score (nSPS) is 10.2. The number of carbonyl (C=O) groups excluding carboxylic acids is 2. The minimum atomic E-state index is -0.0570. The Morgan fingerprint density at radius 2 is 1.79 bits per heavy atom. The van der Waals surface area contributed by atoms with E-state index >= 15 is 0 Å². The topological polar surface area (TPSA) is 46.2 Å². The van der Waals surface area contributed by atoms with E-state index < -0.39 is 0 Å². The SMILES string of the molecule is CCCCCNC(=O)CCC(=O)c1ccc(Cl)cc1. The maximum Gasteiger partial charge on any atom is 0.220 e. The lowest BCUT2D eigenvalue weighted by molar-refractivity contribution is -0.121. The van der Waals surface area contributed by atoms with E-state index in [1.807, 2.05) is 0 Å². The molecule has 104 valence electrons.